The van der Waals surface area contributed by atoms with E-state index in [1.54, 1.807) is 31.2 Å². The highest BCUT2D eigenvalue weighted by atomic mass is 35.5. The zero-order chi connectivity index (χ0) is 11.7. The molecule has 0 fully saturated rings. The van der Waals surface area contributed by atoms with Gasteiger partial charge in [-0.2, -0.15) is 0 Å². The summed E-state index contributed by atoms with van der Waals surface area (Å²) in [4.78, 5) is 14.8. The van der Waals surface area contributed by atoms with Crippen LogP contribution < -0.4 is 0 Å². The Kier molecular flexibility index (Phi) is 2.66. The number of oxazole rings is 1. The molecule has 1 aromatic carbocycles. The summed E-state index contributed by atoms with van der Waals surface area (Å²) in [5.74, 6) is -1.01. The predicted octanol–water partition coefficient (Wildman–Crippen LogP) is 3.00. The molecule has 0 radical (unpaired) electrons. The highest BCUT2D eigenvalue weighted by Gasteiger charge is 2.16. The summed E-state index contributed by atoms with van der Waals surface area (Å²) >= 11 is 5.82. The van der Waals surface area contributed by atoms with Gasteiger partial charge in [0, 0.05) is 10.6 Å². The fourth-order valence-electron chi connectivity index (χ4n) is 1.34. The third kappa shape index (κ3) is 1.92. The zero-order valence-electron chi connectivity index (χ0n) is 8.40. The summed E-state index contributed by atoms with van der Waals surface area (Å²) in [6.07, 6.45) is 0. The molecule has 2 rings (SSSR count). The first-order valence-corrected chi connectivity index (χ1v) is 4.92. The molecule has 1 aromatic heterocycles. The molecule has 2 aromatic rings. The average molecular weight is 238 g/mol. The molecule has 0 amide bonds. The molecule has 82 valence electrons. The Hall–Kier alpha value is -1.81. The molecule has 0 atom stereocenters. The van der Waals surface area contributed by atoms with Crippen molar-refractivity contribution in [2.75, 3.05) is 0 Å². The van der Waals surface area contributed by atoms with Crippen molar-refractivity contribution in [3.05, 3.63) is 40.7 Å². The van der Waals surface area contributed by atoms with E-state index in [0.717, 1.165) is 0 Å². The summed E-state index contributed by atoms with van der Waals surface area (Å²) in [6.45, 7) is 1.58. The maximum absolute atomic E-state index is 10.8. The number of nitrogens with zero attached hydrogens (tertiary/aromatic N) is 1. The molecule has 0 aliphatic heterocycles. The monoisotopic (exact) mass is 237 g/mol. The molecule has 5 heteroatoms. The Labute approximate surface area is 96.5 Å². The Balaban J connectivity index is 2.49. The van der Waals surface area contributed by atoms with Crippen molar-refractivity contribution in [2.45, 2.75) is 6.92 Å². The maximum Gasteiger partial charge on any atom is 0.373 e. The van der Waals surface area contributed by atoms with E-state index in [9.17, 15) is 4.79 Å². The molecule has 4 nitrogen and oxygen atoms in total. The number of carbonyl (C=O) groups is 1. The van der Waals surface area contributed by atoms with Crippen LogP contribution in [0.3, 0.4) is 0 Å². The Morgan fingerprint density at radius 1 is 1.50 bits per heavy atom. The first kappa shape index (κ1) is 10.7. The smallest absolute Gasteiger partial charge is 0.373 e. The Bertz CT molecular complexity index is 548. The highest BCUT2D eigenvalue weighted by molar-refractivity contribution is 6.30. The molecular formula is C11H8ClNO3. The number of halogens is 1. The van der Waals surface area contributed by atoms with Crippen LogP contribution in [-0.4, -0.2) is 16.1 Å². The Morgan fingerprint density at radius 2 is 2.25 bits per heavy atom. The maximum atomic E-state index is 10.8. The van der Waals surface area contributed by atoms with Crippen LogP contribution in [0.25, 0.3) is 11.5 Å². The lowest BCUT2D eigenvalue weighted by Gasteiger charge is -1.95. The van der Waals surface area contributed by atoms with Gasteiger partial charge in [-0.25, -0.2) is 9.78 Å². The van der Waals surface area contributed by atoms with E-state index < -0.39 is 5.97 Å². The number of aryl methyl sites for hydroxylation is 1. The van der Waals surface area contributed by atoms with E-state index in [-0.39, 0.29) is 11.7 Å². The number of rotatable bonds is 2. The Morgan fingerprint density at radius 3 is 2.81 bits per heavy atom. The minimum atomic E-state index is -1.13. The van der Waals surface area contributed by atoms with Crippen LogP contribution >= 0.6 is 11.6 Å². The molecular weight excluding hydrogens is 230 g/mol. The van der Waals surface area contributed by atoms with Crippen LogP contribution in [-0.2, 0) is 0 Å². The van der Waals surface area contributed by atoms with Gasteiger partial charge in [0.1, 0.15) is 0 Å². The predicted molar refractivity (Wildman–Crippen MR) is 58.6 cm³/mol. The van der Waals surface area contributed by atoms with Crippen molar-refractivity contribution in [3.63, 3.8) is 0 Å². The van der Waals surface area contributed by atoms with Crippen molar-refractivity contribution in [2.24, 2.45) is 0 Å². The van der Waals surface area contributed by atoms with Crippen molar-refractivity contribution >= 4 is 17.6 Å². The van der Waals surface area contributed by atoms with Gasteiger partial charge in [-0.3, -0.25) is 0 Å². The molecule has 0 aliphatic carbocycles. The number of benzene rings is 1. The van der Waals surface area contributed by atoms with Gasteiger partial charge in [-0.15, -0.1) is 0 Å². The number of aromatic carboxylic acids is 1. The van der Waals surface area contributed by atoms with E-state index in [1.165, 1.54) is 0 Å². The van der Waals surface area contributed by atoms with Crippen LogP contribution in [0.2, 0.25) is 5.02 Å². The third-order valence-electron chi connectivity index (χ3n) is 2.06. The zero-order valence-corrected chi connectivity index (χ0v) is 9.15. The van der Waals surface area contributed by atoms with Gasteiger partial charge in [-0.1, -0.05) is 17.7 Å². The lowest BCUT2D eigenvalue weighted by Crippen LogP contribution is -1.95. The van der Waals surface area contributed by atoms with Gasteiger partial charge in [0.15, 0.2) is 0 Å². The lowest BCUT2D eigenvalue weighted by atomic mass is 10.2. The molecule has 0 saturated carbocycles. The molecule has 1 heterocycles. The van der Waals surface area contributed by atoms with Gasteiger partial charge in [0.2, 0.25) is 11.7 Å². The molecule has 0 bridgehead atoms. The van der Waals surface area contributed by atoms with Crippen LogP contribution in [0.5, 0.6) is 0 Å². The lowest BCUT2D eigenvalue weighted by molar-refractivity contribution is 0.0662. The van der Waals surface area contributed by atoms with E-state index in [4.69, 9.17) is 21.1 Å². The number of hydrogen-bond acceptors (Lipinski definition) is 3. The standard InChI is InChI=1S/C11H8ClNO3/c1-6-9(11(14)15)16-10(13-6)7-3-2-4-8(12)5-7/h2-5H,1H3,(H,14,15). The first-order valence-electron chi connectivity index (χ1n) is 4.54. The fourth-order valence-corrected chi connectivity index (χ4v) is 1.53. The molecule has 0 saturated heterocycles. The van der Waals surface area contributed by atoms with Gasteiger partial charge in [0.05, 0.1) is 5.69 Å². The topological polar surface area (TPSA) is 63.3 Å². The number of carboxylic acid groups (broad SMARTS) is 1. The second-order valence-electron chi connectivity index (χ2n) is 3.25. The largest absolute Gasteiger partial charge is 0.475 e. The van der Waals surface area contributed by atoms with Crippen LogP contribution in [0.15, 0.2) is 28.7 Å². The van der Waals surface area contributed by atoms with E-state index in [0.29, 0.717) is 16.3 Å². The molecule has 0 spiro atoms. The highest BCUT2D eigenvalue weighted by Crippen LogP contribution is 2.24. The van der Waals surface area contributed by atoms with E-state index >= 15 is 0 Å². The normalized spacial score (nSPS) is 10.4. The van der Waals surface area contributed by atoms with Gasteiger partial charge in [-0.05, 0) is 25.1 Å². The van der Waals surface area contributed by atoms with Crippen molar-refractivity contribution in [3.8, 4) is 11.5 Å². The fraction of sp³-hybridized carbons (Fsp3) is 0.0909. The molecule has 0 unspecified atom stereocenters. The third-order valence-corrected chi connectivity index (χ3v) is 2.30. The van der Waals surface area contributed by atoms with Crippen molar-refractivity contribution in [1.82, 2.24) is 4.98 Å². The van der Waals surface area contributed by atoms with E-state index in [2.05, 4.69) is 4.98 Å². The van der Waals surface area contributed by atoms with Crippen LogP contribution in [0.1, 0.15) is 16.2 Å². The molecule has 16 heavy (non-hydrogen) atoms. The summed E-state index contributed by atoms with van der Waals surface area (Å²) in [6, 6.07) is 6.89. The molecule has 0 aliphatic rings. The number of hydrogen-bond donors (Lipinski definition) is 1. The first-order chi connectivity index (χ1) is 7.58. The van der Waals surface area contributed by atoms with Crippen molar-refractivity contribution < 1.29 is 14.3 Å². The van der Waals surface area contributed by atoms with Crippen LogP contribution in [0, 0.1) is 6.92 Å². The quantitative estimate of drug-likeness (QED) is 0.872. The summed E-state index contributed by atoms with van der Waals surface area (Å²) in [5.41, 5.74) is 1.01. The average Bonchev–Trinajstić information content (AvgIpc) is 2.60. The molecule has 1 N–H and O–H groups in total. The second kappa shape index (κ2) is 3.98. The number of aromatic nitrogens is 1. The van der Waals surface area contributed by atoms with Gasteiger partial charge in [0.25, 0.3) is 0 Å². The summed E-state index contributed by atoms with van der Waals surface area (Å²) < 4.78 is 5.15. The van der Waals surface area contributed by atoms with Crippen molar-refractivity contribution in [1.29, 1.82) is 0 Å². The summed E-state index contributed by atoms with van der Waals surface area (Å²) in [7, 11) is 0. The SMILES string of the molecule is Cc1nc(-c2cccc(Cl)c2)oc1C(=O)O. The van der Waals surface area contributed by atoms with Crippen LogP contribution in [0.4, 0.5) is 0 Å². The van der Waals surface area contributed by atoms with E-state index in [1.807, 2.05) is 0 Å². The number of carboxylic acids is 1. The minimum Gasteiger partial charge on any atom is -0.475 e. The summed E-state index contributed by atoms with van der Waals surface area (Å²) in [5, 5.41) is 9.37. The minimum absolute atomic E-state index is 0.144. The second-order valence-corrected chi connectivity index (χ2v) is 3.69. The van der Waals surface area contributed by atoms with Gasteiger partial charge < -0.3 is 9.52 Å². The van der Waals surface area contributed by atoms with Gasteiger partial charge >= 0.3 is 5.97 Å².